The van der Waals surface area contributed by atoms with Crippen molar-refractivity contribution in [2.45, 2.75) is 78.6 Å². The molecule has 1 unspecified atom stereocenters. The van der Waals surface area contributed by atoms with Gasteiger partial charge in [-0.3, -0.25) is 9.59 Å². The van der Waals surface area contributed by atoms with Gasteiger partial charge in [0.15, 0.2) is 0 Å². The summed E-state index contributed by atoms with van der Waals surface area (Å²) in [5.74, 6) is -0.918. The predicted molar refractivity (Wildman–Crippen MR) is 81.7 cm³/mol. The van der Waals surface area contributed by atoms with Crippen molar-refractivity contribution in [1.29, 1.82) is 0 Å². The Morgan fingerprint density at radius 1 is 1.00 bits per heavy atom. The van der Waals surface area contributed by atoms with E-state index < -0.39 is 5.97 Å². The van der Waals surface area contributed by atoms with Crippen LogP contribution in [0.2, 0.25) is 0 Å². The third kappa shape index (κ3) is 16.9. The molecule has 0 aromatic rings. The molecule has 0 aromatic carbocycles. The van der Waals surface area contributed by atoms with Crippen molar-refractivity contribution in [3.63, 3.8) is 0 Å². The number of ether oxygens (including phenoxy) is 1. The summed E-state index contributed by atoms with van der Waals surface area (Å²) in [6.45, 7) is 6.03. The Balaban J connectivity index is 0. The fourth-order valence-corrected chi connectivity index (χ4v) is 1.62. The van der Waals surface area contributed by atoms with Gasteiger partial charge in [0, 0.05) is 6.42 Å². The minimum Gasteiger partial charge on any atom is -0.481 e. The Hall–Kier alpha value is -1.06. The summed E-state index contributed by atoms with van der Waals surface area (Å²) in [5, 5.41) is 8.48. The van der Waals surface area contributed by atoms with Crippen LogP contribution in [0.25, 0.3) is 0 Å². The lowest BCUT2D eigenvalue weighted by molar-refractivity contribution is -0.142. The molecular weight excluding hydrogens is 256 g/mol. The summed E-state index contributed by atoms with van der Waals surface area (Å²) in [5.41, 5.74) is 0. The predicted octanol–water partition coefficient (Wildman–Crippen LogP) is 4.42. The van der Waals surface area contributed by atoms with Crippen LogP contribution in [0.3, 0.4) is 0 Å². The van der Waals surface area contributed by atoms with Gasteiger partial charge >= 0.3 is 11.9 Å². The van der Waals surface area contributed by atoms with E-state index in [4.69, 9.17) is 5.11 Å². The molecule has 0 radical (unpaired) electrons. The largest absolute Gasteiger partial charge is 0.481 e. The van der Waals surface area contributed by atoms with Crippen LogP contribution in [0.5, 0.6) is 0 Å². The number of aliphatic carboxylic acids is 1. The molecule has 1 atom stereocenters. The number of carboxylic acids is 1. The lowest BCUT2D eigenvalue weighted by Crippen LogP contribution is -2.08. The average molecular weight is 288 g/mol. The molecule has 0 aliphatic rings. The van der Waals surface area contributed by atoms with E-state index in [1.54, 1.807) is 6.92 Å². The number of carbonyl (C=O) groups is 2. The van der Waals surface area contributed by atoms with Crippen LogP contribution in [0.4, 0.5) is 0 Å². The summed E-state index contributed by atoms with van der Waals surface area (Å²) in [7, 11) is 1.43. The van der Waals surface area contributed by atoms with Gasteiger partial charge in [0.2, 0.25) is 0 Å². The van der Waals surface area contributed by atoms with Crippen molar-refractivity contribution < 1.29 is 19.4 Å². The minimum absolute atomic E-state index is 0.0869. The smallest absolute Gasteiger partial charge is 0.306 e. The maximum absolute atomic E-state index is 10.6. The van der Waals surface area contributed by atoms with E-state index in [-0.39, 0.29) is 11.9 Å². The number of unbranched alkanes of at least 4 members (excludes halogenated alkanes) is 5. The van der Waals surface area contributed by atoms with Crippen molar-refractivity contribution >= 4 is 11.9 Å². The summed E-state index contributed by atoms with van der Waals surface area (Å²) >= 11 is 0. The van der Waals surface area contributed by atoms with Gasteiger partial charge in [0.05, 0.1) is 13.0 Å². The summed E-state index contributed by atoms with van der Waals surface area (Å²) in [6, 6.07) is 0. The first-order chi connectivity index (χ1) is 9.49. The van der Waals surface area contributed by atoms with Crippen molar-refractivity contribution in [2.75, 3.05) is 7.11 Å². The number of carboxylic acid groups (broad SMARTS) is 1. The highest BCUT2D eigenvalue weighted by molar-refractivity contribution is 5.69. The summed E-state index contributed by atoms with van der Waals surface area (Å²) in [4.78, 5) is 20.8. The van der Waals surface area contributed by atoms with E-state index in [0.29, 0.717) is 6.42 Å². The molecule has 0 saturated heterocycles. The zero-order chi connectivity index (χ0) is 15.8. The van der Waals surface area contributed by atoms with E-state index in [1.807, 2.05) is 0 Å². The highest BCUT2D eigenvalue weighted by Gasteiger charge is 2.08. The average Bonchev–Trinajstić information content (AvgIpc) is 2.44. The molecule has 0 bridgehead atoms. The molecule has 1 N–H and O–H groups in total. The zero-order valence-corrected chi connectivity index (χ0v) is 13.6. The van der Waals surface area contributed by atoms with Crippen LogP contribution < -0.4 is 0 Å². The van der Waals surface area contributed by atoms with Crippen LogP contribution in [0, 0.1) is 5.92 Å². The Kier molecular flexibility index (Phi) is 17.0. The summed E-state index contributed by atoms with van der Waals surface area (Å²) in [6.07, 6.45) is 9.30. The van der Waals surface area contributed by atoms with Gasteiger partial charge in [0.1, 0.15) is 0 Å². The molecule has 4 heteroatoms. The maximum atomic E-state index is 10.6. The fourth-order valence-electron chi connectivity index (χ4n) is 1.62. The quantitative estimate of drug-likeness (QED) is 0.477. The van der Waals surface area contributed by atoms with Crippen LogP contribution in [0.1, 0.15) is 78.6 Å². The highest BCUT2D eigenvalue weighted by Crippen LogP contribution is 2.08. The van der Waals surface area contributed by atoms with Crippen LogP contribution in [-0.4, -0.2) is 24.2 Å². The van der Waals surface area contributed by atoms with Gasteiger partial charge in [-0.05, 0) is 12.8 Å². The maximum Gasteiger partial charge on any atom is 0.306 e. The van der Waals surface area contributed by atoms with E-state index in [2.05, 4.69) is 18.6 Å². The molecule has 0 aliphatic carbocycles. The van der Waals surface area contributed by atoms with Crippen LogP contribution >= 0.6 is 0 Å². The SMILES string of the molecule is CCCCCC(C)C(=O)O.CCCCCCC(=O)OC. The Morgan fingerprint density at radius 3 is 2.00 bits per heavy atom. The van der Waals surface area contributed by atoms with Crippen molar-refractivity contribution in [2.24, 2.45) is 5.92 Å². The lowest BCUT2D eigenvalue weighted by Gasteiger charge is -2.03. The second kappa shape index (κ2) is 16.0. The van der Waals surface area contributed by atoms with Crippen molar-refractivity contribution in [3.05, 3.63) is 0 Å². The van der Waals surface area contributed by atoms with Gasteiger partial charge in [-0.2, -0.15) is 0 Å². The first-order valence-corrected chi connectivity index (χ1v) is 7.79. The number of rotatable bonds is 10. The normalized spacial score (nSPS) is 11.2. The number of hydrogen-bond donors (Lipinski definition) is 1. The van der Waals surface area contributed by atoms with Gasteiger partial charge in [-0.1, -0.05) is 59.3 Å². The molecule has 0 spiro atoms. The number of esters is 1. The topological polar surface area (TPSA) is 63.6 Å². The number of methoxy groups -OCH3 is 1. The molecule has 0 saturated carbocycles. The number of carbonyl (C=O) groups excluding carboxylic acids is 1. The first-order valence-electron chi connectivity index (χ1n) is 7.79. The van der Waals surface area contributed by atoms with Gasteiger partial charge in [0.25, 0.3) is 0 Å². The monoisotopic (exact) mass is 288 g/mol. The van der Waals surface area contributed by atoms with Crippen molar-refractivity contribution in [3.8, 4) is 0 Å². The van der Waals surface area contributed by atoms with Gasteiger partial charge < -0.3 is 9.84 Å². The minimum atomic E-state index is -0.670. The molecule has 0 rings (SSSR count). The second-order valence-corrected chi connectivity index (χ2v) is 5.12. The van der Waals surface area contributed by atoms with Gasteiger partial charge in [-0.25, -0.2) is 0 Å². The van der Waals surface area contributed by atoms with Gasteiger partial charge in [-0.15, -0.1) is 0 Å². The summed E-state index contributed by atoms with van der Waals surface area (Å²) < 4.78 is 4.49. The standard InChI is InChI=1S/2C8H16O2/c1-3-4-5-6-7-8(9)10-2;1-3-4-5-6-7(2)8(9)10/h3-7H2,1-2H3;7H,3-6H2,1-2H3,(H,9,10). The third-order valence-corrected chi connectivity index (χ3v) is 3.12. The molecule has 0 amide bonds. The van der Waals surface area contributed by atoms with E-state index in [1.165, 1.54) is 20.0 Å². The first kappa shape index (κ1) is 21.2. The molecular formula is C16H32O4. The Bertz CT molecular complexity index is 237. The molecule has 4 nitrogen and oxygen atoms in total. The van der Waals surface area contributed by atoms with E-state index in [9.17, 15) is 9.59 Å². The van der Waals surface area contributed by atoms with Crippen molar-refractivity contribution in [1.82, 2.24) is 0 Å². The Morgan fingerprint density at radius 2 is 1.55 bits per heavy atom. The molecule has 0 fully saturated rings. The third-order valence-electron chi connectivity index (χ3n) is 3.12. The molecule has 120 valence electrons. The van der Waals surface area contributed by atoms with Crippen LogP contribution in [0.15, 0.2) is 0 Å². The Labute approximate surface area is 123 Å². The molecule has 0 aliphatic heterocycles. The fraction of sp³-hybridized carbons (Fsp3) is 0.875. The molecule has 0 heterocycles. The van der Waals surface area contributed by atoms with E-state index in [0.717, 1.165) is 38.5 Å². The highest BCUT2D eigenvalue weighted by atomic mass is 16.5. The second-order valence-electron chi connectivity index (χ2n) is 5.12. The number of hydrogen-bond acceptors (Lipinski definition) is 3. The lowest BCUT2D eigenvalue weighted by atomic mass is 10.0. The van der Waals surface area contributed by atoms with Crippen LogP contribution in [-0.2, 0) is 14.3 Å². The van der Waals surface area contributed by atoms with E-state index >= 15 is 0 Å². The zero-order valence-electron chi connectivity index (χ0n) is 13.6. The molecule has 0 aromatic heterocycles. The molecule has 20 heavy (non-hydrogen) atoms.